The third-order valence-electron chi connectivity index (χ3n) is 2.67. The minimum atomic E-state index is -0.0308. The van der Waals surface area contributed by atoms with Crippen LogP contribution in [0.2, 0.25) is 0 Å². The summed E-state index contributed by atoms with van der Waals surface area (Å²) in [4.78, 5) is 14.9. The molecule has 2 nitrogen and oxygen atoms in total. The van der Waals surface area contributed by atoms with Crippen molar-refractivity contribution in [3.05, 3.63) is 29.6 Å². The van der Waals surface area contributed by atoms with E-state index in [1.54, 1.807) is 0 Å². The topological polar surface area (TPSA) is 30.0 Å². The predicted octanol–water partition coefficient (Wildman–Crippen LogP) is 1.91. The van der Waals surface area contributed by atoms with Gasteiger partial charge in [0.25, 0.3) is 0 Å². The van der Waals surface area contributed by atoms with Gasteiger partial charge in [-0.3, -0.25) is 4.98 Å². The highest BCUT2D eigenvalue weighted by atomic mass is 16.1. The second kappa shape index (κ2) is 2.95. The van der Waals surface area contributed by atoms with Gasteiger partial charge in [-0.1, -0.05) is 6.07 Å². The molecule has 0 N–H and O–H groups in total. The molecule has 1 aliphatic rings. The lowest BCUT2D eigenvalue weighted by Crippen LogP contribution is -2.06. The van der Waals surface area contributed by atoms with Crippen molar-refractivity contribution < 1.29 is 4.79 Å². The van der Waals surface area contributed by atoms with Crippen LogP contribution in [0, 0.1) is 12.3 Å². The number of hydrogen-bond acceptors (Lipinski definition) is 2. The average molecular weight is 175 g/mol. The summed E-state index contributed by atoms with van der Waals surface area (Å²) in [5, 5.41) is 0. The van der Waals surface area contributed by atoms with E-state index in [0.717, 1.165) is 31.2 Å². The van der Waals surface area contributed by atoms with E-state index in [1.165, 1.54) is 5.56 Å². The summed E-state index contributed by atoms with van der Waals surface area (Å²) in [5.41, 5.74) is 2.17. The summed E-state index contributed by atoms with van der Waals surface area (Å²) >= 11 is 0. The number of aryl methyl sites for hydroxylation is 1. The Morgan fingerprint density at radius 1 is 1.54 bits per heavy atom. The molecule has 2 heteroatoms. The second-order valence-corrected chi connectivity index (χ2v) is 3.96. The zero-order valence-electron chi connectivity index (χ0n) is 7.79. The Morgan fingerprint density at radius 2 is 2.31 bits per heavy atom. The van der Waals surface area contributed by atoms with Gasteiger partial charge in [-0.2, -0.15) is 0 Å². The number of rotatable bonds is 3. The Bertz CT molecular complexity index is 311. The first-order valence-corrected chi connectivity index (χ1v) is 4.62. The van der Waals surface area contributed by atoms with Gasteiger partial charge in [0.05, 0.1) is 0 Å². The molecule has 68 valence electrons. The van der Waals surface area contributed by atoms with Crippen molar-refractivity contribution in [2.24, 2.45) is 5.41 Å². The second-order valence-electron chi connectivity index (χ2n) is 3.96. The van der Waals surface area contributed by atoms with Crippen molar-refractivity contribution in [1.82, 2.24) is 4.98 Å². The molecule has 1 heterocycles. The molecule has 0 spiro atoms. The number of aromatic nitrogens is 1. The highest BCUT2D eigenvalue weighted by Gasteiger charge is 2.42. The molecule has 1 saturated carbocycles. The summed E-state index contributed by atoms with van der Waals surface area (Å²) in [5.74, 6) is 0. The SMILES string of the molecule is Cc1ccc(CC2(C=O)CC2)cn1. The van der Waals surface area contributed by atoms with E-state index in [4.69, 9.17) is 0 Å². The molecule has 1 aromatic rings. The van der Waals surface area contributed by atoms with Crippen LogP contribution in [0.4, 0.5) is 0 Å². The maximum Gasteiger partial charge on any atom is 0.126 e. The van der Waals surface area contributed by atoms with Crippen LogP contribution >= 0.6 is 0 Å². The summed E-state index contributed by atoms with van der Waals surface area (Å²) in [6.07, 6.45) is 5.93. The van der Waals surface area contributed by atoms with E-state index in [0.29, 0.717) is 0 Å². The van der Waals surface area contributed by atoms with Crippen molar-refractivity contribution in [2.45, 2.75) is 26.2 Å². The van der Waals surface area contributed by atoms with Crippen LogP contribution in [0.5, 0.6) is 0 Å². The van der Waals surface area contributed by atoms with Crippen LogP contribution in [-0.4, -0.2) is 11.3 Å². The third-order valence-corrected chi connectivity index (χ3v) is 2.67. The van der Waals surface area contributed by atoms with Crippen molar-refractivity contribution in [1.29, 1.82) is 0 Å². The molecule has 1 aromatic heterocycles. The van der Waals surface area contributed by atoms with Gasteiger partial charge in [0.2, 0.25) is 0 Å². The van der Waals surface area contributed by atoms with Gasteiger partial charge >= 0.3 is 0 Å². The Morgan fingerprint density at radius 3 is 2.77 bits per heavy atom. The van der Waals surface area contributed by atoms with Crippen LogP contribution in [0.3, 0.4) is 0 Å². The van der Waals surface area contributed by atoms with Crippen molar-refractivity contribution in [3.63, 3.8) is 0 Å². The fourth-order valence-corrected chi connectivity index (χ4v) is 1.51. The van der Waals surface area contributed by atoms with E-state index in [9.17, 15) is 4.79 Å². The summed E-state index contributed by atoms with van der Waals surface area (Å²) < 4.78 is 0. The lowest BCUT2D eigenvalue weighted by molar-refractivity contribution is -0.112. The molecule has 0 amide bonds. The molecule has 0 atom stereocenters. The highest BCUT2D eigenvalue weighted by molar-refractivity contribution is 5.64. The van der Waals surface area contributed by atoms with E-state index in [1.807, 2.05) is 19.2 Å². The van der Waals surface area contributed by atoms with Gasteiger partial charge in [-0.05, 0) is 37.8 Å². The Hall–Kier alpha value is -1.18. The molecule has 0 saturated heterocycles. The lowest BCUT2D eigenvalue weighted by atomic mass is 9.99. The van der Waals surface area contributed by atoms with Gasteiger partial charge < -0.3 is 4.79 Å². The number of carbonyl (C=O) groups excluding carboxylic acids is 1. The van der Waals surface area contributed by atoms with Gasteiger partial charge in [0.15, 0.2) is 0 Å². The average Bonchev–Trinajstić information content (AvgIpc) is 2.90. The normalized spacial score (nSPS) is 18.2. The molecule has 2 rings (SSSR count). The van der Waals surface area contributed by atoms with E-state index < -0.39 is 0 Å². The number of nitrogens with zero attached hydrogens (tertiary/aromatic N) is 1. The van der Waals surface area contributed by atoms with Crippen LogP contribution in [0.1, 0.15) is 24.1 Å². The largest absolute Gasteiger partial charge is 0.303 e. The van der Waals surface area contributed by atoms with Gasteiger partial charge in [-0.25, -0.2) is 0 Å². The number of pyridine rings is 1. The summed E-state index contributed by atoms with van der Waals surface area (Å²) in [6.45, 7) is 1.97. The summed E-state index contributed by atoms with van der Waals surface area (Å²) in [6, 6.07) is 4.06. The Balaban J connectivity index is 2.10. The van der Waals surface area contributed by atoms with Gasteiger partial charge in [0.1, 0.15) is 6.29 Å². The number of carbonyl (C=O) groups is 1. The Labute approximate surface area is 78.0 Å². The molecular weight excluding hydrogens is 162 g/mol. The highest BCUT2D eigenvalue weighted by Crippen LogP contribution is 2.46. The number of hydrogen-bond donors (Lipinski definition) is 0. The fourth-order valence-electron chi connectivity index (χ4n) is 1.51. The van der Waals surface area contributed by atoms with Crippen LogP contribution < -0.4 is 0 Å². The molecule has 1 aliphatic carbocycles. The van der Waals surface area contributed by atoms with Crippen molar-refractivity contribution >= 4 is 6.29 Å². The number of aldehydes is 1. The minimum Gasteiger partial charge on any atom is -0.303 e. The fraction of sp³-hybridized carbons (Fsp3) is 0.455. The predicted molar refractivity (Wildman–Crippen MR) is 50.4 cm³/mol. The van der Waals surface area contributed by atoms with E-state index in [2.05, 4.69) is 11.1 Å². The van der Waals surface area contributed by atoms with Crippen LogP contribution in [0.15, 0.2) is 18.3 Å². The zero-order chi connectivity index (χ0) is 9.31. The maximum absolute atomic E-state index is 10.7. The smallest absolute Gasteiger partial charge is 0.126 e. The van der Waals surface area contributed by atoms with E-state index in [-0.39, 0.29) is 5.41 Å². The molecule has 0 radical (unpaired) electrons. The summed E-state index contributed by atoms with van der Waals surface area (Å²) in [7, 11) is 0. The standard InChI is InChI=1S/C11H13NO/c1-9-2-3-10(7-12-9)6-11(8-13)4-5-11/h2-3,7-8H,4-6H2,1H3. The molecular formula is C11H13NO. The van der Waals surface area contributed by atoms with Crippen LogP contribution in [-0.2, 0) is 11.2 Å². The Kier molecular flexibility index (Phi) is 1.91. The molecule has 0 aromatic carbocycles. The molecule has 0 bridgehead atoms. The first-order chi connectivity index (χ1) is 6.24. The van der Waals surface area contributed by atoms with Crippen LogP contribution in [0.25, 0.3) is 0 Å². The van der Waals surface area contributed by atoms with Gasteiger partial charge in [0, 0.05) is 17.3 Å². The minimum absolute atomic E-state index is 0.0308. The molecule has 13 heavy (non-hydrogen) atoms. The lowest BCUT2D eigenvalue weighted by Gasteiger charge is -2.05. The molecule has 1 fully saturated rings. The van der Waals surface area contributed by atoms with Crippen molar-refractivity contribution in [2.75, 3.05) is 0 Å². The first kappa shape index (κ1) is 8.42. The zero-order valence-corrected chi connectivity index (χ0v) is 7.79. The first-order valence-electron chi connectivity index (χ1n) is 4.62. The monoisotopic (exact) mass is 175 g/mol. The maximum atomic E-state index is 10.7. The molecule has 0 unspecified atom stereocenters. The van der Waals surface area contributed by atoms with Gasteiger partial charge in [-0.15, -0.1) is 0 Å². The third kappa shape index (κ3) is 1.77. The molecule has 0 aliphatic heterocycles. The quantitative estimate of drug-likeness (QED) is 0.657. The van der Waals surface area contributed by atoms with E-state index >= 15 is 0 Å². The van der Waals surface area contributed by atoms with Crippen molar-refractivity contribution in [3.8, 4) is 0 Å².